The van der Waals surface area contributed by atoms with E-state index in [0.29, 0.717) is 5.56 Å². The molecular weight excluding hydrogens is 280 g/mol. The standard InChI is InChI=1S/C10H9BrO3S/c1-6(12)10-5-7-4-8(11)2-3-9(7)15(10,13)14/h2-6,12H,1H3. The number of sulfone groups is 1. The zero-order valence-electron chi connectivity index (χ0n) is 7.94. The summed E-state index contributed by atoms with van der Waals surface area (Å²) in [5.41, 5.74) is 0.625. The molecule has 0 aromatic heterocycles. The Balaban J connectivity index is 2.69. The molecule has 1 aromatic rings. The SMILES string of the molecule is CC(O)C1=Cc2cc(Br)ccc2S1(=O)=O. The highest BCUT2D eigenvalue weighted by atomic mass is 79.9. The summed E-state index contributed by atoms with van der Waals surface area (Å²) in [5, 5.41) is 9.37. The molecule has 5 heteroatoms. The Morgan fingerprint density at radius 3 is 2.67 bits per heavy atom. The molecule has 0 spiro atoms. The van der Waals surface area contributed by atoms with Crippen LogP contribution in [-0.4, -0.2) is 19.6 Å². The highest BCUT2D eigenvalue weighted by Gasteiger charge is 2.31. The van der Waals surface area contributed by atoms with Crippen LogP contribution in [0.25, 0.3) is 6.08 Å². The van der Waals surface area contributed by atoms with Gasteiger partial charge in [-0.25, -0.2) is 8.42 Å². The lowest BCUT2D eigenvalue weighted by Gasteiger charge is -2.05. The van der Waals surface area contributed by atoms with Crippen LogP contribution in [0.5, 0.6) is 0 Å². The van der Waals surface area contributed by atoms with Crippen molar-refractivity contribution in [1.82, 2.24) is 0 Å². The van der Waals surface area contributed by atoms with Gasteiger partial charge in [0, 0.05) is 4.47 Å². The van der Waals surface area contributed by atoms with Crippen LogP contribution in [0.2, 0.25) is 0 Å². The maximum atomic E-state index is 11.9. The van der Waals surface area contributed by atoms with Crippen molar-refractivity contribution in [3.8, 4) is 0 Å². The monoisotopic (exact) mass is 288 g/mol. The van der Waals surface area contributed by atoms with Crippen LogP contribution in [0, 0.1) is 0 Å². The third kappa shape index (κ3) is 1.64. The van der Waals surface area contributed by atoms with Crippen LogP contribution in [0.3, 0.4) is 0 Å². The minimum atomic E-state index is -3.47. The van der Waals surface area contributed by atoms with E-state index in [1.165, 1.54) is 13.0 Å². The predicted molar refractivity (Wildman–Crippen MR) is 61.0 cm³/mol. The van der Waals surface area contributed by atoms with Crippen LogP contribution in [0.4, 0.5) is 0 Å². The van der Waals surface area contributed by atoms with Crippen molar-refractivity contribution >= 4 is 31.8 Å². The van der Waals surface area contributed by atoms with Gasteiger partial charge in [-0.1, -0.05) is 15.9 Å². The molecule has 0 aliphatic carbocycles. The molecule has 0 radical (unpaired) electrons. The van der Waals surface area contributed by atoms with Gasteiger partial charge in [-0.3, -0.25) is 0 Å². The molecule has 0 bridgehead atoms. The summed E-state index contributed by atoms with van der Waals surface area (Å²) in [5.74, 6) is 0. The largest absolute Gasteiger partial charge is 0.388 e. The van der Waals surface area contributed by atoms with E-state index in [1.54, 1.807) is 18.2 Å². The van der Waals surface area contributed by atoms with E-state index in [2.05, 4.69) is 15.9 Å². The molecule has 0 saturated heterocycles. The van der Waals surface area contributed by atoms with E-state index in [9.17, 15) is 13.5 Å². The second-order valence-corrected chi connectivity index (χ2v) is 6.24. The number of benzene rings is 1. The van der Waals surface area contributed by atoms with E-state index in [-0.39, 0.29) is 9.80 Å². The summed E-state index contributed by atoms with van der Waals surface area (Å²) < 4.78 is 24.6. The Morgan fingerprint density at radius 1 is 1.40 bits per heavy atom. The summed E-state index contributed by atoms with van der Waals surface area (Å²) in [6.45, 7) is 1.45. The molecule has 0 saturated carbocycles. The van der Waals surface area contributed by atoms with Crippen molar-refractivity contribution in [3.05, 3.63) is 33.1 Å². The van der Waals surface area contributed by atoms with Crippen LogP contribution in [0.1, 0.15) is 12.5 Å². The van der Waals surface area contributed by atoms with Crippen molar-refractivity contribution in [3.63, 3.8) is 0 Å². The molecule has 1 heterocycles. The Kier molecular flexibility index (Phi) is 2.48. The first-order valence-corrected chi connectivity index (χ1v) is 6.65. The Morgan fingerprint density at radius 2 is 2.07 bits per heavy atom. The van der Waals surface area contributed by atoms with Gasteiger partial charge >= 0.3 is 0 Å². The summed E-state index contributed by atoms with van der Waals surface area (Å²) >= 11 is 3.27. The molecule has 0 amide bonds. The molecule has 15 heavy (non-hydrogen) atoms. The van der Waals surface area contributed by atoms with Crippen molar-refractivity contribution in [2.45, 2.75) is 17.9 Å². The van der Waals surface area contributed by atoms with Gasteiger partial charge in [0.1, 0.15) is 0 Å². The van der Waals surface area contributed by atoms with E-state index < -0.39 is 15.9 Å². The normalized spacial score (nSPS) is 19.5. The van der Waals surface area contributed by atoms with Crippen LogP contribution < -0.4 is 0 Å². The quantitative estimate of drug-likeness (QED) is 0.859. The number of hydrogen-bond acceptors (Lipinski definition) is 3. The molecule has 0 fully saturated rings. The van der Waals surface area contributed by atoms with Gasteiger partial charge in [-0.2, -0.15) is 0 Å². The zero-order valence-corrected chi connectivity index (χ0v) is 10.3. The van der Waals surface area contributed by atoms with E-state index >= 15 is 0 Å². The van der Waals surface area contributed by atoms with E-state index in [1.807, 2.05) is 0 Å². The summed E-state index contributed by atoms with van der Waals surface area (Å²) in [4.78, 5) is 0.331. The lowest BCUT2D eigenvalue weighted by atomic mass is 10.2. The Hall–Kier alpha value is -0.650. The number of rotatable bonds is 1. The van der Waals surface area contributed by atoms with Crippen LogP contribution in [-0.2, 0) is 9.84 Å². The molecule has 3 nitrogen and oxygen atoms in total. The number of halogens is 1. The molecule has 1 unspecified atom stereocenters. The van der Waals surface area contributed by atoms with Crippen LogP contribution in [0.15, 0.2) is 32.5 Å². The molecule has 1 aliphatic heterocycles. The number of aliphatic hydroxyl groups is 1. The Bertz CT molecular complexity index is 544. The fourth-order valence-corrected chi connectivity index (χ4v) is 3.62. The van der Waals surface area contributed by atoms with Crippen molar-refractivity contribution in [2.24, 2.45) is 0 Å². The van der Waals surface area contributed by atoms with E-state index in [0.717, 1.165) is 4.47 Å². The van der Waals surface area contributed by atoms with Crippen molar-refractivity contribution in [2.75, 3.05) is 0 Å². The first-order chi connectivity index (χ1) is 6.93. The third-order valence-electron chi connectivity index (χ3n) is 2.28. The molecule has 2 rings (SSSR count). The molecule has 1 atom stereocenters. The van der Waals surface area contributed by atoms with Gasteiger partial charge in [-0.05, 0) is 36.8 Å². The maximum absolute atomic E-state index is 11.9. The van der Waals surface area contributed by atoms with Gasteiger partial charge in [-0.15, -0.1) is 0 Å². The van der Waals surface area contributed by atoms with Gasteiger partial charge in [0.25, 0.3) is 0 Å². The topological polar surface area (TPSA) is 54.4 Å². The lowest BCUT2D eigenvalue weighted by Crippen LogP contribution is -2.11. The first-order valence-electron chi connectivity index (χ1n) is 4.37. The van der Waals surface area contributed by atoms with E-state index in [4.69, 9.17) is 0 Å². The highest BCUT2D eigenvalue weighted by Crippen LogP contribution is 2.35. The zero-order chi connectivity index (χ0) is 11.2. The van der Waals surface area contributed by atoms with Crippen molar-refractivity contribution in [1.29, 1.82) is 0 Å². The average Bonchev–Trinajstić information content (AvgIpc) is 2.37. The second kappa shape index (κ2) is 3.43. The molecule has 1 aromatic carbocycles. The molecule has 80 valence electrons. The molecular formula is C10H9BrO3S. The maximum Gasteiger partial charge on any atom is 0.205 e. The number of fused-ring (bicyclic) bond motifs is 1. The van der Waals surface area contributed by atoms with Gasteiger partial charge < -0.3 is 5.11 Å². The first kappa shape index (κ1) is 10.9. The van der Waals surface area contributed by atoms with Crippen molar-refractivity contribution < 1.29 is 13.5 Å². The highest BCUT2D eigenvalue weighted by molar-refractivity contribution is 9.10. The minimum Gasteiger partial charge on any atom is -0.388 e. The van der Waals surface area contributed by atoms with Gasteiger partial charge in [0.05, 0.1) is 15.9 Å². The average molecular weight is 289 g/mol. The van der Waals surface area contributed by atoms with Crippen LogP contribution >= 0.6 is 15.9 Å². The summed E-state index contributed by atoms with van der Waals surface area (Å²) in [6, 6.07) is 4.94. The smallest absolute Gasteiger partial charge is 0.205 e. The number of hydrogen-bond donors (Lipinski definition) is 1. The molecule has 1 aliphatic rings. The number of aliphatic hydroxyl groups excluding tert-OH is 1. The summed E-state index contributed by atoms with van der Waals surface area (Å²) in [6.07, 6.45) is 0.543. The minimum absolute atomic E-state index is 0.0654. The Labute approximate surface area is 96.5 Å². The van der Waals surface area contributed by atoms with Gasteiger partial charge in [0.2, 0.25) is 9.84 Å². The summed E-state index contributed by atoms with van der Waals surface area (Å²) in [7, 11) is -3.47. The fraction of sp³-hybridized carbons (Fsp3) is 0.200. The third-order valence-corrected chi connectivity index (χ3v) is 4.80. The second-order valence-electron chi connectivity index (χ2n) is 3.41. The fourth-order valence-electron chi connectivity index (χ4n) is 1.58. The van der Waals surface area contributed by atoms with Gasteiger partial charge in [0.15, 0.2) is 0 Å². The predicted octanol–water partition coefficient (Wildman–Crippen LogP) is 1.96. The molecule has 1 N–H and O–H groups in total. The lowest BCUT2D eigenvalue weighted by molar-refractivity contribution is 0.240.